The molecule has 15 heteroatoms. The Morgan fingerprint density at radius 1 is 1.12 bits per heavy atom. The maximum absolute atomic E-state index is 16.4. The van der Waals surface area contributed by atoms with Gasteiger partial charge in [-0.2, -0.15) is 9.97 Å². The predicted molar refractivity (Wildman–Crippen MR) is 181 cm³/mol. The van der Waals surface area contributed by atoms with Crippen LogP contribution in [0.2, 0.25) is 5.02 Å². The van der Waals surface area contributed by atoms with E-state index >= 15 is 13.2 Å². The summed E-state index contributed by atoms with van der Waals surface area (Å²) >= 11 is 6.63. The number of piperazine rings is 1. The number of methoxy groups -OCH3 is 1. The molecule has 3 aromatic carbocycles. The smallest absolute Gasteiger partial charge is 0.417 e. The van der Waals surface area contributed by atoms with Crippen molar-refractivity contribution in [2.24, 2.45) is 0 Å². The highest BCUT2D eigenvalue weighted by molar-refractivity contribution is 6.37. The standard InChI is InChI=1S/C36H36ClF4N5O5/c1-35-9-7-20(14-42-16-35)46(35)34(47)51-32-29-28(22-11-26(50-18-48-2)30(41)21-5-3-6-23(37)27(21)22)24(39)12-25(40)31(29)43-33(44-32)49-17-36-8-4-10-45(36)15-19(38)13-36/h3,5-6,11-12,19-20,42H,4,7-10,13-18H2,1-2H3/t19-,20-,35+,36+/m1/s1. The molecule has 1 aromatic heterocycles. The summed E-state index contributed by atoms with van der Waals surface area (Å²) in [5.41, 5.74) is -1.85. The zero-order valence-electron chi connectivity index (χ0n) is 28.0. The zero-order valence-corrected chi connectivity index (χ0v) is 28.8. The molecule has 10 nitrogen and oxygen atoms in total. The molecule has 0 spiro atoms. The van der Waals surface area contributed by atoms with Crippen molar-refractivity contribution >= 4 is 39.4 Å². The molecular formula is C36H36ClF4N5O5. The third kappa shape index (κ3) is 5.71. The van der Waals surface area contributed by atoms with Gasteiger partial charge in [0.15, 0.2) is 24.2 Å². The van der Waals surface area contributed by atoms with Crippen molar-refractivity contribution in [2.75, 3.05) is 46.7 Å². The van der Waals surface area contributed by atoms with Crippen LogP contribution in [-0.4, -0.2) is 95.8 Å². The average Bonchev–Trinajstić information content (AvgIpc) is 3.69. The average molecular weight is 730 g/mol. The van der Waals surface area contributed by atoms with Crippen LogP contribution in [-0.2, 0) is 4.74 Å². The molecule has 270 valence electrons. The van der Waals surface area contributed by atoms with Crippen molar-refractivity contribution in [2.45, 2.75) is 62.3 Å². The Hall–Kier alpha value is -3.98. The fourth-order valence-corrected chi connectivity index (χ4v) is 8.86. The first kappa shape index (κ1) is 34.1. The summed E-state index contributed by atoms with van der Waals surface area (Å²) in [7, 11) is 1.36. The summed E-state index contributed by atoms with van der Waals surface area (Å²) in [4.78, 5) is 26.6. The van der Waals surface area contributed by atoms with Crippen molar-refractivity contribution in [1.82, 2.24) is 25.1 Å². The SMILES string of the molecule is COCOc1cc(-c2c(F)cc(F)c3nc(OC[C@@]45CCCN4C[C@H](F)C5)nc(OC(=O)N4[C@@H]5CC[C@@]4(C)CNC5)c23)c2c(Cl)cccc2c1F. The minimum atomic E-state index is -1.08. The number of aromatic nitrogens is 2. The van der Waals surface area contributed by atoms with Crippen molar-refractivity contribution in [3.05, 3.63) is 52.8 Å². The predicted octanol–water partition coefficient (Wildman–Crippen LogP) is 6.78. The van der Waals surface area contributed by atoms with Crippen LogP contribution in [0.25, 0.3) is 32.8 Å². The van der Waals surface area contributed by atoms with E-state index in [-0.39, 0.29) is 76.5 Å². The number of alkyl halides is 1. The normalized spacial score (nSPS) is 25.9. The summed E-state index contributed by atoms with van der Waals surface area (Å²) in [5.74, 6) is -3.68. The fourth-order valence-electron chi connectivity index (χ4n) is 8.59. The monoisotopic (exact) mass is 729 g/mol. The Morgan fingerprint density at radius 2 is 1.96 bits per heavy atom. The summed E-state index contributed by atoms with van der Waals surface area (Å²) in [6.45, 7) is 3.72. The van der Waals surface area contributed by atoms with E-state index in [9.17, 15) is 9.18 Å². The first-order chi connectivity index (χ1) is 24.5. The van der Waals surface area contributed by atoms with E-state index < -0.39 is 52.2 Å². The molecular weight excluding hydrogens is 694 g/mol. The van der Waals surface area contributed by atoms with E-state index in [1.807, 2.05) is 11.8 Å². The number of halogens is 5. The first-order valence-electron chi connectivity index (χ1n) is 17.0. The lowest BCUT2D eigenvalue weighted by Crippen LogP contribution is -2.61. The Bertz CT molecular complexity index is 2060. The van der Waals surface area contributed by atoms with Crippen LogP contribution in [0, 0.1) is 17.5 Å². The first-order valence-corrected chi connectivity index (χ1v) is 17.4. The number of benzene rings is 3. The molecule has 4 atom stereocenters. The van der Waals surface area contributed by atoms with E-state index in [1.54, 1.807) is 4.90 Å². The minimum Gasteiger partial charge on any atom is -0.464 e. The summed E-state index contributed by atoms with van der Waals surface area (Å²) < 4.78 is 85.3. The Kier molecular flexibility index (Phi) is 8.63. The second kappa shape index (κ2) is 12.9. The fraction of sp³-hybridized carbons (Fsp3) is 0.472. The maximum atomic E-state index is 16.4. The van der Waals surface area contributed by atoms with Crippen molar-refractivity contribution in [3.63, 3.8) is 0 Å². The summed E-state index contributed by atoms with van der Waals surface area (Å²) in [6.07, 6.45) is 1.52. The van der Waals surface area contributed by atoms with E-state index in [1.165, 1.54) is 31.4 Å². The van der Waals surface area contributed by atoms with Crippen LogP contribution < -0.4 is 19.5 Å². The van der Waals surface area contributed by atoms with Crippen LogP contribution in [0.15, 0.2) is 30.3 Å². The van der Waals surface area contributed by atoms with Gasteiger partial charge in [-0.1, -0.05) is 23.7 Å². The number of hydrogen-bond acceptors (Lipinski definition) is 9. The summed E-state index contributed by atoms with van der Waals surface area (Å²) in [6, 6.07) is 5.86. The molecule has 8 rings (SSSR count). The largest absolute Gasteiger partial charge is 0.464 e. The lowest BCUT2D eigenvalue weighted by Gasteiger charge is -2.41. The third-order valence-corrected chi connectivity index (χ3v) is 11.2. The Balaban J connectivity index is 1.32. The number of fused-ring (bicyclic) bond motifs is 5. The van der Waals surface area contributed by atoms with E-state index in [2.05, 4.69) is 15.3 Å². The molecule has 1 amide bonds. The van der Waals surface area contributed by atoms with Gasteiger partial charge in [-0.15, -0.1) is 0 Å². The van der Waals surface area contributed by atoms with Gasteiger partial charge in [0.25, 0.3) is 0 Å². The molecule has 0 saturated carbocycles. The molecule has 4 aliphatic heterocycles. The second-order valence-corrected chi connectivity index (χ2v) is 14.5. The highest BCUT2D eigenvalue weighted by Gasteiger charge is 2.50. The molecule has 4 fully saturated rings. The second-order valence-electron chi connectivity index (χ2n) is 14.1. The molecule has 0 radical (unpaired) electrons. The zero-order chi connectivity index (χ0) is 35.7. The van der Waals surface area contributed by atoms with Gasteiger partial charge in [-0.3, -0.25) is 9.80 Å². The van der Waals surface area contributed by atoms with Gasteiger partial charge in [0.05, 0.1) is 16.5 Å². The Morgan fingerprint density at radius 3 is 2.76 bits per heavy atom. The molecule has 4 aliphatic rings. The van der Waals surface area contributed by atoms with Gasteiger partial charge in [0, 0.05) is 66.6 Å². The highest BCUT2D eigenvalue weighted by atomic mass is 35.5. The number of nitrogens with one attached hydrogen (secondary N) is 1. The van der Waals surface area contributed by atoms with Crippen molar-refractivity contribution in [3.8, 4) is 28.8 Å². The van der Waals surface area contributed by atoms with Crippen molar-refractivity contribution in [1.29, 1.82) is 0 Å². The molecule has 0 aliphatic carbocycles. The van der Waals surface area contributed by atoms with Gasteiger partial charge in [-0.25, -0.2) is 22.4 Å². The highest BCUT2D eigenvalue weighted by Crippen LogP contribution is 2.47. The molecule has 1 N–H and O–H groups in total. The number of hydrogen-bond donors (Lipinski definition) is 1. The van der Waals surface area contributed by atoms with Gasteiger partial charge < -0.3 is 24.3 Å². The van der Waals surface area contributed by atoms with Crippen molar-refractivity contribution < 1.29 is 41.3 Å². The van der Waals surface area contributed by atoms with Gasteiger partial charge in [0.1, 0.15) is 24.1 Å². The number of amides is 1. The molecule has 2 bridgehead atoms. The number of ether oxygens (including phenoxy) is 4. The van der Waals surface area contributed by atoms with Crippen LogP contribution >= 0.6 is 11.6 Å². The lowest BCUT2D eigenvalue weighted by atomic mass is 9.94. The van der Waals surface area contributed by atoms with Gasteiger partial charge in [-0.05, 0) is 56.8 Å². The van der Waals surface area contributed by atoms with Gasteiger partial charge in [0.2, 0.25) is 5.88 Å². The molecule has 5 heterocycles. The molecule has 4 aromatic rings. The summed E-state index contributed by atoms with van der Waals surface area (Å²) in [5, 5.41) is 3.22. The maximum Gasteiger partial charge on any atom is 0.417 e. The number of rotatable bonds is 8. The molecule has 0 unspecified atom stereocenters. The van der Waals surface area contributed by atoms with Crippen LogP contribution in [0.1, 0.15) is 39.0 Å². The molecule has 51 heavy (non-hydrogen) atoms. The molecule has 4 saturated heterocycles. The lowest BCUT2D eigenvalue weighted by molar-refractivity contribution is 0.0485. The van der Waals surface area contributed by atoms with Gasteiger partial charge >= 0.3 is 12.1 Å². The minimum absolute atomic E-state index is 0.00387. The van der Waals surface area contributed by atoms with E-state index in [0.717, 1.165) is 25.8 Å². The van der Waals surface area contributed by atoms with Crippen LogP contribution in [0.3, 0.4) is 0 Å². The Labute approximate surface area is 295 Å². The number of nitrogens with zero attached hydrogens (tertiary/aromatic N) is 4. The van der Waals surface area contributed by atoms with E-state index in [0.29, 0.717) is 25.6 Å². The van der Waals surface area contributed by atoms with Crippen LogP contribution in [0.5, 0.6) is 17.6 Å². The number of carbonyl (C=O) groups excluding carboxylic acids is 1. The van der Waals surface area contributed by atoms with E-state index in [4.69, 9.17) is 30.5 Å². The number of carbonyl (C=O) groups is 1. The topological polar surface area (TPSA) is 98.3 Å². The quantitative estimate of drug-likeness (QED) is 0.156. The third-order valence-electron chi connectivity index (χ3n) is 10.9. The van der Waals surface area contributed by atoms with Crippen LogP contribution in [0.4, 0.5) is 22.4 Å².